The third kappa shape index (κ3) is 2.52. The fraction of sp³-hybridized carbons (Fsp3) is 0.333. The molecule has 1 aliphatic carbocycles. The summed E-state index contributed by atoms with van der Waals surface area (Å²) in [4.78, 5) is 18.5. The first-order valence-corrected chi connectivity index (χ1v) is 6.86. The van der Waals surface area contributed by atoms with Crippen molar-refractivity contribution in [2.24, 2.45) is 0 Å². The highest BCUT2D eigenvalue weighted by molar-refractivity contribution is 5.89. The summed E-state index contributed by atoms with van der Waals surface area (Å²) in [5.41, 5.74) is 4.22. The second-order valence-electron chi connectivity index (χ2n) is 5.10. The van der Waals surface area contributed by atoms with Crippen molar-refractivity contribution in [3.8, 4) is 0 Å². The number of rotatable bonds is 2. The maximum atomic E-state index is 10.8. The summed E-state index contributed by atoms with van der Waals surface area (Å²) in [5, 5.41) is 11.5. The molecule has 3 rings (SSSR count). The molecular weight excluding hydrogens is 254 g/mol. The molecule has 0 spiro atoms. The molecule has 0 aliphatic heterocycles. The Morgan fingerprint density at radius 2 is 2.35 bits per heavy atom. The van der Waals surface area contributed by atoms with Gasteiger partial charge in [-0.15, -0.1) is 0 Å². The van der Waals surface area contributed by atoms with Crippen molar-refractivity contribution >= 4 is 22.7 Å². The molecule has 20 heavy (non-hydrogen) atoms. The van der Waals surface area contributed by atoms with Crippen LogP contribution >= 0.6 is 0 Å². The molecule has 0 aromatic carbocycles. The maximum absolute atomic E-state index is 10.8. The van der Waals surface area contributed by atoms with E-state index < -0.39 is 6.09 Å². The van der Waals surface area contributed by atoms with E-state index in [1.807, 2.05) is 24.4 Å². The van der Waals surface area contributed by atoms with Gasteiger partial charge in [-0.1, -0.05) is 12.5 Å². The van der Waals surface area contributed by atoms with E-state index in [1.54, 1.807) is 6.20 Å². The summed E-state index contributed by atoms with van der Waals surface area (Å²) in [7, 11) is 0. The number of amides is 1. The number of hydrogen-bond donors (Lipinski definition) is 3. The number of nitrogens with zero attached hydrogens (tertiary/aromatic N) is 1. The number of carboxylic acid groups (broad SMARTS) is 1. The van der Waals surface area contributed by atoms with Crippen LogP contribution in [0.5, 0.6) is 0 Å². The molecule has 2 heterocycles. The minimum absolute atomic E-state index is 0.112. The predicted octanol–water partition coefficient (Wildman–Crippen LogP) is 3.16. The van der Waals surface area contributed by atoms with Crippen molar-refractivity contribution in [1.82, 2.24) is 15.3 Å². The van der Waals surface area contributed by atoms with Crippen LogP contribution in [0.3, 0.4) is 0 Å². The van der Waals surface area contributed by atoms with Gasteiger partial charge in [-0.2, -0.15) is 0 Å². The highest BCUT2D eigenvalue weighted by atomic mass is 16.4. The quantitative estimate of drug-likeness (QED) is 0.785. The van der Waals surface area contributed by atoms with Crippen molar-refractivity contribution in [1.29, 1.82) is 0 Å². The van der Waals surface area contributed by atoms with Crippen LogP contribution in [-0.2, 0) is 0 Å². The molecular formula is C15H17N3O2. The average Bonchev–Trinajstić information content (AvgIpc) is 2.72. The van der Waals surface area contributed by atoms with Gasteiger partial charge in [0.25, 0.3) is 0 Å². The third-order valence-electron chi connectivity index (χ3n) is 3.70. The molecule has 0 bridgehead atoms. The predicted molar refractivity (Wildman–Crippen MR) is 77.5 cm³/mol. The number of aromatic amines is 1. The monoisotopic (exact) mass is 271 g/mol. The Labute approximate surface area is 116 Å². The fourth-order valence-electron chi connectivity index (χ4n) is 2.79. The molecule has 0 radical (unpaired) electrons. The number of allylic oxidation sites excluding steroid dienone is 1. The van der Waals surface area contributed by atoms with Crippen molar-refractivity contribution in [2.45, 2.75) is 31.7 Å². The Morgan fingerprint density at radius 1 is 1.45 bits per heavy atom. The zero-order valence-corrected chi connectivity index (χ0v) is 11.1. The van der Waals surface area contributed by atoms with Gasteiger partial charge in [0, 0.05) is 18.0 Å². The Kier molecular flexibility index (Phi) is 3.41. The molecule has 1 unspecified atom stereocenters. The molecule has 2 aromatic heterocycles. The summed E-state index contributed by atoms with van der Waals surface area (Å²) in [6.45, 7) is 0. The fourth-order valence-corrected chi connectivity index (χ4v) is 2.79. The van der Waals surface area contributed by atoms with Crippen LogP contribution in [0, 0.1) is 0 Å². The van der Waals surface area contributed by atoms with Gasteiger partial charge in [0.2, 0.25) is 0 Å². The first-order chi connectivity index (χ1) is 9.74. The molecule has 3 N–H and O–H groups in total. The highest BCUT2D eigenvalue weighted by Gasteiger charge is 2.17. The molecule has 1 aliphatic rings. The average molecular weight is 271 g/mol. The molecule has 5 heteroatoms. The van der Waals surface area contributed by atoms with E-state index in [9.17, 15) is 4.79 Å². The Balaban J connectivity index is 1.97. The Bertz CT molecular complexity index is 660. The van der Waals surface area contributed by atoms with Gasteiger partial charge >= 0.3 is 6.09 Å². The van der Waals surface area contributed by atoms with Gasteiger partial charge < -0.3 is 15.4 Å². The minimum atomic E-state index is -0.968. The number of aromatic nitrogens is 2. The lowest BCUT2D eigenvalue weighted by molar-refractivity contribution is 0.191. The van der Waals surface area contributed by atoms with Gasteiger partial charge in [0.05, 0.1) is 17.1 Å². The largest absolute Gasteiger partial charge is 0.465 e. The number of fused-ring (bicyclic) bond motifs is 1. The van der Waals surface area contributed by atoms with E-state index in [-0.39, 0.29) is 6.04 Å². The summed E-state index contributed by atoms with van der Waals surface area (Å²) in [5.74, 6) is 0. The zero-order valence-electron chi connectivity index (χ0n) is 11.1. The molecule has 5 nitrogen and oxygen atoms in total. The second-order valence-corrected chi connectivity index (χ2v) is 5.10. The maximum Gasteiger partial charge on any atom is 0.405 e. The van der Waals surface area contributed by atoms with E-state index in [4.69, 9.17) is 5.11 Å². The number of carbonyl (C=O) groups is 1. The van der Waals surface area contributed by atoms with Crippen molar-refractivity contribution < 1.29 is 9.90 Å². The van der Waals surface area contributed by atoms with Gasteiger partial charge in [-0.05, 0) is 37.0 Å². The van der Waals surface area contributed by atoms with Gasteiger partial charge in [0.15, 0.2) is 0 Å². The summed E-state index contributed by atoms with van der Waals surface area (Å²) < 4.78 is 0. The van der Waals surface area contributed by atoms with E-state index in [0.717, 1.165) is 42.3 Å². The van der Waals surface area contributed by atoms with E-state index in [0.29, 0.717) is 0 Å². The number of H-pyrrole nitrogens is 1. The minimum Gasteiger partial charge on any atom is -0.465 e. The summed E-state index contributed by atoms with van der Waals surface area (Å²) >= 11 is 0. The molecule has 1 atom stereocenters. The zero-order chi connectivity index (χ0) is 13.9. The van der Waals surface area contributed by atoms with Crippen LogP contribution in [-0.4, -0.2) is 27.2 Å². The van der Waals surface area contributed by atoms with Crippen LogP contribution in [0.25, 0.3) is 16.6 Å². The Hall–Kier alpha value is -2.30. The highest BCUT2D eigenvalue weighted by Crippen LogP contribution is 2.30. The standard InChI is InChI=1S/C15H17N3O2/c19-15(20)18-11-5-2-1-4-10(8-11)12-9-17-13-6-3-7-16-14(12)13/h3,6-9,11,17-18H,1-2,4-5H2,(H,19,20). The summed E-state index contributed by atoms with van der Waals surface area (Å²) in [6.07, 6.45) is 8.73. The van der Waals surface area contributed by atoms with Crippen LogP contribution in [0.2, 0.25) is 0 Å². The van der Waals surface area contributed by atoms with Crippen LogP contribution < -0.4 is 5.32 Å². The third-order valence-corrected chi connectivity index (χ3v) is 3.70. The summed E-state index contributed by atoms with van der Waals surface area (Å²) in [6, 6.07) is 3.79. The second kappa shape index (κ2) is 5.36. The molecule has 0 saturated heterocycles. The lowest BCUT2D eigenvalue weighted by Crippen LogP contribution is -2.31. The van der Waals surface area contributed by atoms with Crippen molar-refractivity contribution in [2.75, 3.05) is 0 Å². The molecule has 2 aromatic rings. The number of hydrogen-bond acceptors (Lipinski definition) is 2. The van der Waals surface area contributed by atoms with Gasteiger partial charge in [-0.3, -0.25) is 4.98 Å². The lowest BCUT2D eigenvalue weighted by Gasteiger charge is -2.11. The lowest BCUT2D eigenvalue weighted by atomic mass is 10.0. The first-order valence-electron chi connectivity index (χ1n) is 6.86. The first kappa shape index (κ1) is 12.7. The van der Waals surface area contributed by atoms with E-state index in [1.165, 1.54) is 5.57 Å². The molecule has 0 saturated carbocycles. The normalized spacial score (nSPS) is 19.4. The van der Waals surface area contributed by atoms with Crippen LogP contribution in [0.4, 0.5) is 4.79 Å². The molecule has 0 fully saturated rings. The SMILES string of the molecule is O=C(O)NC1C=C(c2c[nH]c3cccnc23)CCCC1. The van der Waals surface area contributed by atoms with Crippen LogP contribution in [0.15, 0.2) is 30.6 Å². The topological polar surface area (TPSA) is 78.0 Å². The van der Waals surface area contributed by atoms with Crippen molar-refractivity contribution in [3.63, 3.8) is 0 Å². The molecule has 104 valence electrons. The smallest absolute Gasteiger partial charge is 0.405 e. The number of pyridine rings is 1. The molecule has 1 amide bonds. The number of nitrogens with one attached hydrogen (secondary N) is 2. The van der Waals surface area contributed by atoms with E-state index >= 15 is 0 Å². The van der Waals surface area contributed by atoms with Crippen LogP contribution in [0.1, 0.15) is 31.2 Å². The Morgan fingerprint density at radius 3 is 3.20 bits per heavy atom. The van der Waals surface area contributed by atoms with E-state index in [2.05, 4.69) is 15.3 Å². The van der Waals surface area contributed by atoms with Gasteiger partial charge in [0.1, 0.15) is 0 Å². The van der Waals surface area contributed by atoms with Gasteiger partial charge in [-0.25, -0.2) is 4.79 Å². The van der Waals surface area contributed by atoms with Crippen molar-refractivity contribution in [3.05, 3.63) is 36.2 Å².